The molecule has 0 aliphatic rings. The second-order valence-electron chi connectivity index (χ2n) is 5.47. The number of aryl methyl sites for hydroxylation is 1. The van der Waals surface area contributed by atoms with Gasteiger partial charge in [0.05, 0.1) is 18.6 Å². The Morgan fingerprint density at radius 2 is 1.96 bits per heavy atom. The number of pyridine rings is 1. The standard InChI is InChI=1S/C19H18N4O2S/c1-13-10-16(14-8-9-18(25-2)20-11-14)23-19(21-13)26-12-17(24)22-15-6-4-3-5-7-15/h3-11H,12H2,1-2H3,(H,22,24). The molecule has 6 nitrogen and oxygen atoms in total. The number of nitrogens with one attached hydrogen (secondary N) is 1. The maximum Gasteiger partial charge on any atom is 0.234 e. The minimum absolute atomic E-state index is 0.0982. The highest BCUT2D eigenvalue weighted by atomic mass is 32.2. The van der Waals surface area contributed by atoms with Crippen LogP contribution in [0.2, 0.25) is 0 Å². The lowest BCUT2D eigenvalue weighted by Crippen LogP contribution is -2.14. The van der Waals surface area contributed by atoms with E-state index in [4.69, 9.17) is 4.74 Å². The van der Waals surface area contributed by atoms with Crippen LogP contribution in [0.15, 0.2) is 59.9 Å². The van der Waals surface area contributed by atoms with Gasteiger partial charge in [-0.15, -0.1) is 0 Å². The summed E-state index contributed by atoms with van der Waals surface area (Å²) in [5, 5.41) is 3.40. The lowest BCUT2D eigenvalue weighted by molar-refractivity contribution is -0.113. The van der Waals surface area contributed by atoms with Crippen LogP contribution in [0.3, 0.4) is 0 Å². The zero-order chi connectivity index (χ0) is 18.4. The lowest BCUT2D eigenvalue weighted by Gasteiger charge is -2.07. The number of rotatable bonds is 6. The van der Waals surface area contributed by atoms with E-state index in [0.29, 0.717) is 11.0 Å². The zero-order valence-electron chi connectivity index (χ0n) is 14.5. The molecule has 1 N–H and O–H groups in total. The van der Waals surface area contributed by atoms with Crippen molar-refractivity contribution in [1.29, 1.82) is 0 Å². The lowest BCUT2D eigenvalue weighted by atomic mass is 10.2. The van der Waals surface area contributed by atoms with E-state index in [-0.39, 0.29) is 11.7 Å². The number of ether oxygens (including phenoxy) is 1. The van der Waals surface area contributed by atoms with Gasteiger partial charge in [-0.2, -0.15) is 0 Å². The molecule has 0 fully saturated rings. The first kappa shape index (κ1) is 17.9. The number of thioether (sulfide) groups is 1. The highest BCUT2D eigenvalue weighted by Gasteiger charge is 2.09. The minimum Gasteiger partial charge on any atom is -0.481 e. The Kier molecular flexibility index (Phi) is 5.80. The molecule has 0 saturated heterocycles. The van der Waals surface area contributed by atoms with Crippen LogP contribution in [0.4, 0.5) is 5.69 Å². The Labute approximate surface area is 156 Å². The van der Waals surface area contributed by atoms with Crippen molar-refractivity contribution in [3.8, 4) is 17.1 Å². The molecule has 0 aliphatic carbocycles. The number of benzene rings is 1. The third-order valence-corrected chi connectivity index (χ3v) is 4.31. The largest absolute Gasteiger partial charge is 0.481 e. The Morgan fingerprint density at radius 3 is 2.65 bits per heavy atom. The van der Waals surface area contributed by atoms with Crippen molar-refractivity contribution < 1.29 is 9.53 Å². The molecule has 0 aliphatic heterocycles. The van der Waals surface area contributed by atoms with Crippen molar-refractivity contribution in [1.82, 2.24) is 15.0 Å². The Morgan fingerprint density at radius 1 is 1.15 bits per heavy atom. The van der Waals surface area contributed by atoms with Crippen LogP contribution in [-0.4, -0.2) is 33.7 Å². The van der Waals surface area contributed by atoms with Crippen molar-refractivity contribution in [2.45, 2.75) is 12.1 Å². The molecule has 1 aromatic carbocycles. The molecule has 0 unspecified atom stereocenters. The molecule has 3 rings (SSSR count). The predicted octanol–water partition coefficient (Wildman–Crippen LogP) is 3.59. The van der Waals surface area contributed by atoms with E-state index in [1.54, 1.807) is 19.4 Å². The number of hydrogen-bond acceptors (Lipinski definition) is 6. The fraction of sp³-hybridized carbons (Fsp3) is 0.158. The maximum atomic E-state index is 12.1. The third kappa shape index (κ3) is 4.80. The van der Waals surface area contributed by atoms with E-state index >= 15 is 0 Å². The Balaban J connectivity index is 1.68. The van der Waals surface area contributed by atoms with E-state index in [1.807, 2.05) is 49.4 Å². The number of nitrogens with zero attached hydrogens (tertiary/aromatic N) is 3. The van der Waals surface area contributed by atoms with Crippen molar-refractivity contribution in [3.63, 3.8) is 0 Å². The number of para-hydroxylation sites is 1. The fourth-order valence-electron chi connectivity index (χ4n) is 2.25. The van der Waals surface area contributed by atoms with Crippen molar-refractivity contribution >= 4 is 23.4 Å². The van der Waals surface area contributed by atoms with Gasteiger partial charge in [0.25, 0.3) is 0 Å². The van der Waals surface area contributed by atoms with Gasteiger partial charge in [0.1, 0.15) is 0 Å². The van der Waals surface area contributed by atoms with Gasteiger partial charge < -0.3 is 10.1 Å². The molecule has 0 atom stereocenters. The van der Waals surface area contributed by atoms with Crippen molar-refractivity contribution in [2.75, 3.05) is 18.2 Å². The number of carbonyl (C=O) groups is 1. The number of carbonyl (C=O) groups excluding carboxylic acids is 1. The fourth-order valence-corrected chi connectivity index (χ4v) is 2.96. The van der Waals surface area contributed by atoms with Crippen molar-refractivity contribution in [2.24, 2.45) is 0 Å². The van der Waals surface area contributed by atoms with Gasteiger partial charge in [0, 0.05) is 29.2 Å². The van der Waals surface area contributed by atoms with Crippen LogP contribution < -0.4 is 10.1 Å². The molecule has 2 heterocycles. The van der Waals surface area contributed by atoms with Gasteiger partial charge in [0.15, 0.2) is 5.16 Å². The molecule has 0 bridgehead atoms. The molecular formula is C19H18N4O2S. The number of amides is 1. The average Bonchev–Trinajstić information content (AvgIpc) is 2.67. The predicted molar refractivity (Wildman–Crippen MR) is 102 cm³/mol. The third-order valence-electron chi connectivity index (χ3n) is 3.46. The van der Waals surface area contributed by atoms with Gasteiger partial charge in [-0.25, -0.2) is 15.0 Å². The quantitative estimate of drug-likeness (QED) is 0.531. The van der Waals surface area contributed by atoms with E-state index in [9.17, 15) is 4.79 Å². The Hall–Kier alpha value is -2.93. The summed E-state index contributed by atoms with van der Waals surface area (Å²) in [6.45, 7) is 1.90. The summed E-state index contributed by atoms with van der Waals surface area (Å²) in [6.07, 6.45) is 1.71. The number of anilines is 1. The monoisotopic (exact) mass is 366 g/mol. The molecule has 1 amide bonds. The molecule has 7 heteroatoms. The summed E-state index contributed by atoms with van der Waals surface area (Å²) in [6, 6.07) is 14.9. The SMILES string of the molecule is COc1ccc(-c2cc(C)nc(SCC(=O)Nc3ccccc3)n2)cn1. The van der Waals surface area contributed by atoms with Crippen LogP contribution in [-0.2, 0) is 4.79 Å². The van der Waals surface area contributed by atoms with Crippen LogP contribution in [0.25, 0.3) is 11.3 Å². The second kappa shape index (κ2) is 8.44. The summed E-state index contributed by atoms with van der Waals surface area (Å²) < 4.78 is 5.07. The summed E-state index contributed by atoms with van der Waals surface area (Å²) in [5.74, 6) is 0.684. The second-order valence-corrected chi connectivity index (χ2v) is 6.41. The summed E-state index contributed by atoms with van der Waals surface area (Å²) in [5.41, 5.74) is 3.23. The minimum atomic E-state index is -0.0982. The molecule has 26 heavy (non-hydrogen) atoms. The zero-order valence-corrected chi connectivity index (χ0v) is 15.3. The van der Waals surface area contributed by atoms with E-state index in [0.717, 1.165) is 22.6 Å². The molecule has 0 radical (unpaired) electrons. The normalized spacial score (nSPS) is 10.4. The number of hydrogen-bond donors (Lipinski definition) is 1. The van der Waals surface area contributed by atoms with E-state index in [1.165, 1.54) is 11.8 Å². The number of methoxy groups -OCH3 is 1. The van der Waals surface area contributed by atoms with Gasteiger partial charge >= 0.3 is 0 Å². The molecule has 0 spiro atoms. The first-order valence-corrected chi connectivity index (χ1v) is 8.96. The van der Waals surface area contributed by atoms with Crippen LogP contribution in [0.5, 0.6) is 5.88 Å². The number of aromatic nitrogens is 3. The molecule has 132 valence electrons. The molecule has 3 aromatic rings. The van der Waals surface area contributed by atoms with Crippen molar-refractivity contribution in [3.05, 3.63) is 60.4 Å². The van der Waals surface area contributed by atoms with E-state index < -0.39 is 0 Å². The van der Waals surface area contributed by atoms with Gasteiger partial charge in [-0.3, -0.25) is 4.79 Å². The highest BCUT2D eigenvalue weighted by Crippen LogP contribution is 2.22. The van der Waals surface area contributed by atoms with Gasteiger partial charge in [-0.05, 0) is 31.2 Å². The smallest absolute Gasteiger partial charge is 0.234 e. The van der Waals surface area contributed by atoms with E-state index in [2.05, 4.69) is 20.3 Å². The molecular weight excluding hydrogens is 348 g/mol. The van der Waals surface area contributed by atoms with Crippen LogP contribution in [0.1, 0.15) is 5.69 Å². The average molecular weight is 366 g/mol. The maximum absolute atomic E-state index is 12.1. The van der Waals surface area contributed by atoms with Crippen LogP contribution >= 0.6 is 11.8 Å². The first-order chi connectivity index (χ1) is 12.6. The highest BCUT2D eigenvalue weighted by molar-refractivity contribution is 7.99. The summed E-state index contributed by atoms with van der Waals surface area (Å²) >= 11 is 1.30. The van der Waals surface area contributed by atoms with Gasteiger partial charge in [-0.1, -0.05) is 30.0 Å². The summed E-state index contributed by atoms with van der Waals surface area (Å²) in [4.78, 5) is 25.2. The first-order valence-electron chi connectivity index (χ1n) is 7.98. The Bertz CT molecular complexity index is 886. The molecule has 0 saturated carbocycles. The molecule has 2 aromatic heterocycles. The van der Waals surface area contributed by atoms with Crippen LogP contribution in [0, 0.1) is 6.92 Å². The van der Waals surface area contributed by atoms with Gasteiger partial charge in [0.2, 0.25) is 11.8 Å². The topological polar surface area (TPSA) is 77.0 Å². The summed E-state index contributed by atoms with van der Waals surface area (Å²) in [7, 11) is 1.58.